The molecule has 3 aliphatic heterocycles. The van der Waals surface area contributed by atoms with Crippen LogP contribution in [0.5, 0.6) is 0 Å². The molecule has 0 spiro atoms. The molecule has 3 amide bonds. The van der Waals surface area contributed by atoms with Gasteiger partial charge in [0.05, 0.1) is 6.54 Å². The molecule has 2 saturated heterocycles. The Kier molecular flexibility index (Phi) is 6.58. The van der Waals surface area contributed by atoms with E-state index in [9.17, 15) is 9.59 Å². The smallest absolute Gasteiger partial charge is 0.325 e. The fourth-order valence-corrected chi connectivity index (χ4v) is 5.20. The molecule has 0 bridgehead atoms. The Morgan fingerprint density at radius 3 is 2.31 bits per heavy atom. The fourth-order valence-electron chi connectivity index (χ4n) is 5.20. The summed E-state index contributed by atoms with van der Waals surface area (Å²) in [7, 11) is 1.71. The zero-order valence-electron chi connectivity index (χ0n) is 20.8. The van der Waals surface area contributed by atoms with Gasteiger partial charge in [-0.25, -0.2) is 9.79 Å². The summed E-state index contributed by atoms with van der Waals surface area (Å²) in [4.78, 5) is 38.7. The standard InChI is InChI=1S/C27H34N6O2/c1-19-9-10-20(2)22(15-19)17-33-23(28-25-24(33)26(34)29-27(35)30(25)3)18-32-13-11-31(12-14-32)16-21-7-5-4-6-8-21/h4-10,15,24-25H,11-14,16-18H2,1-3H3,(H,29,34,35). The van der Waals surface area contributed by atoms with Crippen molar-refractivity contribution in [3.05, 3.63) is 70.8 Å². The van der Waals surface area contributed by atoms with Crippen molar-refractivity contribution < 1.29 is 9.59 Å². The summed E-state index contributed by atoms with van der Waals surface area (Å²) in [5, 5.41) is 2.51. The highest BCUT2D eigenvalue weighted by Gasteiger charge is 2.48. The molecule has 3 aliphatic rings. The van der Waals surface area contributed by atoms with E-state index in [2.05, 4.69) is 82.4 Å². The summed E-state index contributed by atoms with van der Waals surface area (Å²) >= 11 is 0. The number of benzene rings is 2. The molecule has 35 heavy (non-hydrogen) atoms. The van der Waals surface area contributed by atoms with E-state index in [0.717, 1.165) is 38.6 Å². The van der Waals surface area contributed by atoms with E-state index >= 15 is 0 Å². The molecular formula is C27H34N6O2. The second kappa shape index (κ2) is 9.79. The minimum absolute atomic E-state index is 0.269. The third-order valence-corrected chi connectivity index (χ3v) is 7.37. The average molecular weight is 475 g/mol. The number of amidine groups is 1. The molecule has 2 aromatic carbocycles. The van der Waals surface area contributed by atoms with E-state index < -0.39 is 12.2 Å². The van der Waals surface area contributed by atoms with Gasteiger partial charge >= 0.3 is 6.03 Å². The van der Waals surface area contributed by atoms with Crippen molar-refractivity contribution in [3.8, 4) is 0 Å². The maximum atomic E-state index is 12.9. The summed E-state index contributed by atoms with van der Waals surface area (Å²) in [5.41, 5.74) is 4.89. The number of imide groups is 1. The number of rotatable bonds is 6. The number of aryl methyl sites for hydroxylation is 2. The topological polar surface area (TPSA) is 71.5 Å². The van der Waals surface area contributed by atoms with Crippen molar-refractivity contribution in [1.82, 2.24) is 24.9 Å². The van der Waals surface area contributed by atoms with Crippen molar-refractivity contribution >= 4 is 17.8 Å². The van der Waals surface area contributed by atoms with Gasteiger partial charge in [-0.15, -0.1) is 0 Å². The molecule has 8 nitrogen and oxygen atoms in total. The number of fused-ring (bicyclic) bond motifs is 1. The zero-order valence-corrected chi connectivity index (χ0v) is 20.8. The van der Waals surface area contributed by atoms with Gasteiger partial charge in [0.1, 0.15) is 5.84 Å². The third-order valence-electron chi connectivity index (χ3n) is 7.37. The molecule has 184 valence electrons. The van der Waals surface area contributed by atoms with E-state index in [0.29, 0.717) is 13.1 Å². The molecular weight excluding hydrogens is 440 g/mol. The largest absolute Gasteiger partial charge is 0.339 e. The van der Waals surface area contributed by atoms with E-state index in [4.69, 9.17) is 4.99 Å². The van der Waals surface area contributed by atoms with Crippen LogP contribution in [-0.4, -0.2) is 89.4 Å². The zero-order chi connectivity index (χ0) is 24.5. The molecule has 2 atom stereocenters. The van der Waals surface area contributed by atoms with Crippen LogP contribution in [-0.2, 0) is 17.9 Å². The van der Waals surface area contributed by atoms with Gasteiger partial charge in [-0.2, -0.15) is 0 Å². The summed E-state index contributed by atoms with van der Waals surface area (Å²) < 4.78 is 0. The van der Waals surface area contributed by atoms with Crippen LogP contribution in [0.1, 0.15) is 22.3 Å². The minimum Gasteiger partial charge on any atom is -0.339 e. The number of piperazine rings is 1. The van der Waals surface area contributed by atoms with Crippen LogP contribution < -0.4 is 5.32 Å². The maximum absolute atomic E-state index is 12.9. The first-order valence-corrected chi connectivity index (χ1v) is 12.3. The van der Waals surface area contributed by atoms with Crippen molar-refractivity contribution in [3.63, 3.8) is 0 Å². The lowest BCUT2D eigenvalue weighted by Crippen LogP contribution is -2.63. The van der Waals surface area contributed by atoms with Crippen LogP contribution in [0.25, 0.3) is 0 Å². The van der Waals surface area contributed by atoms with Gasteiger partial charge in [0, 0.05) is 46.3 Å². The van der Waals surface area contributed by atoms with Gasteiger partial charge in [-0.05, 0) is 30.5 Å². The number of aliphatic imine (C=N–C) groups is 1. The van der Waals surface area contributed by atoms with Crippen LogP contribution in [0.2, 0.25) is 0 Å². The first-order chi connectivity index (χ1) is 16.9. The summed E-state index contributed by atoms with van der Waals surface area (Å²) in [6.07, 6.45) is -0.490. The van der Waals surface area contributed by atoms with E-state index in [-0.39, 0.29) is 11.9 Å². The van der Waals surface area contributed by atoms with Gasteiger partial charge in [-0.3, -0.25) is 19.9 Å². The van der Waals surface area contributed by atoms with E-state index in [1.807, 2.05) is 0 Å². The first-order valence-electron chi connectivity index (χ1n) is 12.3. The summed E-state index contributed by atoms with van der Waals surface area (Å²) in [5.74, 6) is 0.615. The molecule has 0 aliphatic carbocycles. The molecule has 2 unspecified atom stereocenters. The van der Waals surface area contributed by atoms with Gasteiger partial charge in [-0.1, -0.05) is 54.1 Å². The Morgan fingerprint density at radius 1 is 0.914 bits per heavy atom. The number of carbonyl (C=O) groups is 2. The number of nitrogens with zero attached hydrogens (tertiary/aromatic N) is 5. The first kappa shape index (κ1) is 23.5. The predicted molar refractivity (Wildman–Crippen MR) is 136 cm³/mol. The summed E-state index contributed by atoms with van der Waals surface area (Å²) in [6.45, 7) is 10.3. The minimum atomic E-state index is -0.507. The average Bonchev–Trinajstić information content (AvgIpc) is 3.20. The number of hydrogen-bond donors (Lipinski definition) is 1. The lowest BCUT2D eigenvalue weighted by atomic mass is 10.0. The second-order valence-electron chi connectivity index (χ2n) is 9.90. The van der Waals surface area contributed by atoms with E-state index in [1.54, 1.807) is 11.9 Å². The van der Waals surface area contributed by atoms with E-state index in [1.165, 1.54) is 22.3 Å². The maximum Gasteiger partial charge on any atom is 0.325 e. The van der Waals surface area contributed by atoms with Crippen molar-refractivity contribution in [2.24, 2.45) is 4.99 Å². The molecule has 0 saturated carbocycles. The number of urea groups is 1. The molecule has 3 heterocycles. The number of carbonyl (C=O) groups excluding carboxylic acids is 2. The predicted octanol–water partition coefficient (Wildman–Crippen LogP) is 2.21. The number of amides is 3. The van der Waals surface area contributed by atoms with Gasteiger partial charge < -0.3 is 9.80 Å². The Morgan fingerprint density at radius 2 is 1.60 bits per heavy atom. The van der Waals surface area contributed by atoms with Crippen LogP contribution in [0, 0.1) is 13.8 Å². The highest BCUT2D eigenvalue weighted by atomic mass is 16.2. The molecule has 0 radical (unpaired) electrons. The molecule has 0 aromatic heterocycles. The van der Waals surface area contributed by atoms with Gasteiger partial charge in [0.15, 0.2) is 12.2 Å². The molecule has 2 fully saturated rings. The highest BCUT2D eigenvalue weighted by molar-refractivity contribution is 6.04. The van der Waals surface area contributed by atoms with Crippen LogP contribution in [0.3, 0.4) is 0 Å². The second-order valence-corrected chi connectivity index (χ2v) is 9.90. The van der Waals surface area contributed by atoms with Crippen molar-refractivity contribution in [2.75, 3.05) is 39.8 Å². The lowest BCUT2D eigenvalue weighted by Gasteiger charge is -2.38. The number of hydrogen-bond acceptors (Lipinski definition) is 6. The Bertz CT molecular complexity index is 1130. The normalized spacial score (nSPS) is 23.3. The lowest BCUT2D eigenvalue weighted by molar-refractivity contribution is -0.127. The molecule has 5 rings (SSSR count). The van der Waals surface area contributed by atoms with Crippen LogP contribution in [0.15, 0.2) is 53.5 Å². The van der Waals surface area contributed by atoms with Crippen molar-refractivity contribution in [2.45, 2.75) is 39.1 Å². The fraction of sp³-hybridized carbons (Fsp3) is 0.444. The molecule has 2 aromatic rings. The van der Waals surface area contributed by atoms with Crippen molar-refractivity contribution in [1.29, 1.82) is 0 Å². The summed E-state index contributed by atoms with van der Waals surface area (Å²) in [6, 6.07) is 16.1. The SMILES string of the molecule is Cc1ccc(C)c(CN2C(CN3CCN(Cc4ccccc4)CC3)=NC3C2C(=O)NC(=O)N3C)c1. The van der Waals surface area contributed by atoms with Gasteiger partial charge in [0.25, 0.3) is 5.91 Å². The van der Waals surface area contributed by atoms with Gasteiger partial charge in [0.2, 0.25) is 0 Å². The Balaban J connectivity index is 1.31. The monoisotopic (exact) mass is 474 g/mol. The van der Waals surface area contributed by atoms with Crippen LogP contribution in [0.4, 0.5) is 4.79 Å². The Labute approximate surface area is 207 Å². The van der Waals surface area contributed by atoms with Crippen LogP contribution >= 0.6 is 0 Å². The highest BCUT2D eigenvalue weighted by Crippen LogP contribution is 2.27. The number of likely N-dealkylation sites (N-methyl/N-ethyl adjacent to an activating group) is 1. The Hall–Kier alpha value is -3.23. The molecule has 1 N–H and O–H groups in total. The third kappa shape index (κ3) is 4.94. The quantitative estimate of drug-likeness (QED) is 0.695. The molecule has 8 heteroatoms. The number of nitrogens with one attached hydrogen (secondary N) is 1.